The van der Waals surface area contributed by atoms with Crippen molar-refractivity contribution in [3.05, 3.63) is 54.4 Å². The predicted molar refractivity (Wildman–Crippen MR) is 86.8 cm³/mol. The molecule has 0 bridgehead atoms. The van der Waals surface area contributed by atoms with Gasteiger partial charge in [-0.3, -0.25) is 4.79 Å². The first-order valence-corrected chi connectivity index (χ1v) is 7.57. The number of aromatic nitrogens is 3. The number of carbonyl (C=O) groups excluding carboxylic acids is 1. The van der Waals surface area contributed by atoms with Crippen molar-refractivity contribution in [1.29, 1.82) is 0 Å². The van der Waals surface area contributed by atoms with Crippen LogP contribution < -0.4 is 0 Å². The molecule has 0 saturated heterocycles. The average molecular weight is 293 g/mol. The van der Waals surface area contributed by atoms with Crippen LogP contribution in [0.3, 0.4) is 0 Å². The number of fused-ring (bicyclic) bond motifs is 1. The summed E-state index contributed by atoms with van der Waals surface area (Å²) in [4.78, 5) is 16.5. The number of nitrogens with zero attached hydrogens (tertiary/aromatic N) is 3. The molecule has 0 aliphatic carbocycles. The molecule has 0 N–H and O–H groups in total. The molecule has 2 aromatic heterocycles. The van der Waals surface area contributed by atoms with E-state index in [1.165, 1.54) is 0 Å². The quantitative estimate of drug-likeness (QED) is 0.668. The third-order valence-electron chi connectivity index (χ3n) is 3.68. The summed E-state index contributed by atoms with van der Waals surface area (Å²) in [5, 5.41) is 4.52. The van der Waals surface area contributed by atoms with Gasteiger partial charge in [-0.25, -0.2) is 9.50 Å². The molecule has 0 saturated carbocycles. The normalized spacial score (nSPS) is 11.2. The van der Waals surface area contributed by atoms with Crippen molar-refractivity contribution in [2.45, 2.75) is 26.7 Å². The van der Waals surface area contributed by atoms with Crippen molar-refractivity contribution < 1.29 is 4.79 Å². The van der Waals surface area contributed by atoms with Crippen LogP contribution in [0.5, 0.6) is 0 Å². The van der Waals surface area contributed by atoms with E-state index in [2.05, 4.69) is 23.9 Å². The molecule has 0 atom stereocenters. The first-order valence-electron chi connectivity index (χ1n) is 7.57. The summed E-state index contributed by atoms with van der Waals surface area (Å²) in [5.41, 5.74) is 3.36. The number of ketones is 1. The maximum absolute atomic E-state index is 12.3. The Morgan fingerprint density at radius 1 is 1.23 bits per heavy atom. The van der Waals surface area contributed by atoms with Gasteiger partial charge in [0.25, 0.3) is 0 Å². The van der Waals surface area contributed by atoms with Gasteiger partial charge in [0.05, 0.1) is 5.69 Å². The first-order chi connectivity index (χ1) is 10.6. The van der Waals surface area contributed by atoms with Gasteiger partial charge in [-0.2, -0.15) is 5.10 Å². The summed E-state index contributed by atoms with van der Waals surface area (Å²) in [6.45, 7) is 4.27. The Labute approximate surface area is 129 Å². The average Bonchev–Trinajstić information content (AvgIpc) is 3.00. The van der Waals surface area contributed by atoms with E-state index < -0.39 is 0 Å². The minimum Gasteiger partial charge on any atom is -0.294 e. The highest BCUT2D eigenvalue weighted by molar-refractivity contribution is 5.97. The van der Waals surface area contributed by atoms with Crippen molar-refractivity contribution in [2.24, 2.45) is 5.92 Å². The molecule has 1 aromatic carbocycles. The Kier molecular flexibility index (Phi) is 4.00. The Bertz CT molecular complexity index is 805. The molecular weight excluding hydrogens is 274 g/mol. The maximum atomic E-state index is 12.3. The summed E-state index contributed by atoms with van der Waals surface area (Å²) in [5.74, 6) is 0.733. The van der Waals surface area contributed by atoms with Gasteiger partial charge in [0.1, 0.15) is 0 Å². The SMILES string of the molecule is CC(C)CCC(=O)c1cccc(-c2ccc3nccn3n2)c1. The van der Waals surface area contributed by atoms with E-state index in [1.807, 2.05) is 42.6 Å². The molecule has 4 heteroatoms. The van der Waals surface area contributed by atoms with Crippen molar-refractivity contribution >= 4 is 11.4 Å². The zero-order chi connectivity index (χ0) is 15.5. The molecule has 0 unspecified atom stereocenters. The van der Waals surface area contributed by atoms with Crippen LogP contribution in [-0.2, 0) is 0 Å². The second-order valence-corrected chi connectivity index (χ2v) is 5.89. The van der Waals surface area contributed by atoms with Crippen LogP contribution >= 0.6 is 0 Å². The van der Waals surface area contributed by atoms with Crippen molar-refractivity contribution in [3.63, 3.8) is 0 Å². The van der Waals surface area contributed by atoms with Crippen LogP contribution in [0.1, 0.15) is 37.0 Å². The number of hydrogen-bond donors (Lipinski definition) is 0. The number of imidazole rings is 1. The number of benzene rings is 1. The number of hydrogen-bond acceptors (Lipinski definition) is 3. The third kappa shape index (κ3) is 3.06. The minimum atomic E-state index is 0.194. The molecule has 4 nitrogen and oxygen atoms in total. The molecule has 0 amide bonds. The molecule has 0 fully saturated rings. The van der Waals surface area contributed by atoms with Gasteiger partial charge >= 0.3 is 0 Å². The van der Waals surface area contributed by atoms with Crippen LogP contribution in [-0.4, -0.2) is 20.4 Å². The van der Waals surface area contributed by atoms with Crippen LogP contribution in [0.25, 0.3) is 16.9 Å². The third-order valence-corrected chi connectivity index (χ3v) is 3.68. The maximum Gasteiger partial charge on any atom is 0.162 e. The topological polar surface area (TPSA) is 47.3 Å². The van der Waals surface area contributed by atoms with Crippen LogP contribution in [0.4, 0.5) is 0 Å². The van der Waals surface area contributed by atoms with Crippen molar-refractivity contribution in [3.8, 4) is 11.3 Å². The van der Waals surface area contributed by atoms with E-state index in [0.717, 1.165) is 28.9 Å². The second kappa shape index (κ2) is 6.10. The van der Waals surface area contributed by atoms with Crippen molar-refractivity contribution in [1.82, 2.24) is 14.6 Å². The zero-order valence-electron chi connectivity index (χ0n) is 12.9. The van der Waals surface area contributed by atoms with E-state index in [9.17, 15) is 4.79 Å². The lowest BCUT2D eigenvalue weighted by molar-refractivity contribution is 0.0975. The monoisotopic (exact) mass is 293 g/mol. The second-order valence-electron chi connectivity index (χ2n) is 5.89. The molecule has 0 aliphatic heterocycles. The summed E-state index contributed by atoms with van der Waals surface area (Å²) < 4.78 is 1.74. The summed E-state index contributed by atoms with van der Waals surface area (Å²) in [6, 6.07) is 11.5. The number of rotatable bonds is 5. The lowest BCUT2D eigenvalue weighted by atomic mass is 9.99. The fraction of sp³-hybridized carbons (Fsp3) is 0.278. The van der Waals surface area contributed by atoms with Crippen LogP contribution in [0.15, 0.2) is 48.8 Å². The summed E-state index contributed by atoms with van der Waals surface area (Å²) in [7, 11) is 0. The highest BCUT2D eigenvalue weighted by Crippen LogP contribution is 2.20. The molecule has 0 aliphatic rings. The van der Waals surface area contributed by atoms with Gasteiger partial charge in [0.15, 0.2) is 11.4 Å². The molecule has 3 aromatic rings. The predicted octanol–water partition coefficient (Wildman–Crippen LogP) is 4.02. The lowest BCUT2D eigenvalue weighted by Crippen LogP contribution is -2.02. The summed E-state index contributed by atoms with van der Waals surface area (Å²) >= 11 is 0. The molecule has 3 rings (SSSR count). The molecule has 0 radical (unpaired) electrons. The zero-order valence-corrected chi connectivity index (χ0v) is 12.9. The van der Waals surface area contributed by atoms with Gasteiger partial charge < -0.3 is 0 Å². The fourth-order valence-electron chi connectivity index (χ4n) is 2.39. The van der Waals surface area contributed by atoms with E-state index in [0.29, 0.717) is 12.3 Å². The first kappa shape index (κ1) is 14.4. The van der Waals surface area contributed by atoms with Gasteiger partial charge in [-0.15, -0.1) is 0 Å². The van der Waals surface area contributed by atoms with Crippen LogP contribution in [0, 0.1) is 5.92 Å². The Morgan fingerprint density at radius 2 is 2.09 bits per heavy atom. The largest absolute Gasteiger partial charge is 0.294 e. The van der Waals surface area contributed by atoms with E-state index in [1.54, 1.807) is 10.7 Å². The Balaban J connectivity index is 1.88. The highest BCUT2D eigenvalue weighted by atomic mass is 16.1. The highest BCUT2D eigenvalue weighted by Gasteiger charge is 2.09. The number of carbonyl (C=O) groups is 1. The van der Waals surface area contributed by atoms with E-state index in [-0.39, 0.29) is 5.78 Å². The van der Waals surface area contributed by atoms with Gasteiger partial charge in [0.2, 0.25) is 0 Å². The molecule has 22 heavy (non-hydrogen) atoms. The van der Waals surface area contributed by atoms with Crippen LogP contribution in [0.2, 0.25) is 0 Å². The molecule has 112 valence electrons. The van der Waals surface area contributed by atoms with E-state index in [4.69, 9.17) is 0 Å². The van der Waals surface area contributed by atoms with Gasteiger partial charge in [0, 0.05) is 29.9 Å². The Morgan fingerprint density at radius 3 is 2.91 bits per heavy atom. The molecular formula is C18H19N3O. The number of Topliss-reactive ketones (excluding diaryl/α,β-unsaturated/α-hetero) is 1. The van der Waals surface area contributed by atoms with Crippen molar-refractivity contribution in [2.75, 3.05) is 0 Å². The van der Waals surface area contributed by atoms with Gasteiger partial charge in [-0.1, -0.05) is 32.0 Å². The Hall–Kier alpha value is -2.49. The molecule has 2 heterocycles. The standard InChI is InChI=1S/C18H19N3O/c1-13(2)6-8-17(22)15-5-3-4-14(12-15)16-7-9-18-19-10-11-21(18)20-16/h3-5,7,9-13H,6,8H2,1-2H3. The molecule has 0 spiro atoms. The van der Waals surface area contributed by atoms with E-state index >= 15 is 0 Å². The minimum absolute atomic E-state index is 0.194. The lowest BCUT2D eigenvalue weighted by Gasteiger charge is -2.06. The summed E-state index contributed by atoms with van der Waals surface area (Å²) in [6.07, 6.45) is 5.05. The fourth-order valence-corrected chi connectivity index (χ4v) is 2.39. The van der Waals surface area contributed by atoms with Gasteiger partial charge in [-0.05, 0) is 30.5 Å². The smallest absolute Gasteiger partial charge is 0.162 e.